The molecule has 20 heavy (non-hydrogen) atoms. The third-order valence-corrected chi connectivity index (χ3v) is 2.34. The van der Waals surface area contributed by atoms with Crippen molar-refractivity contribution < 1.29 is 23.1 Å². The molecule has 0 aliphatic carbocycles. The van der Waals surface area contributed by atoms with Crippen molar-refractivity contribution in [1.29, 1.82) is 0 Å². The number of rotatable bonds is 5. The van der Waals surface area contributed by atoms with Crippen molar-refractivity contribution in [2.45, 2.75) is 26.4 Å². The number of benzene rings is 1. The van der Waals surface area contributed by atoms with Gasteiger partial charge in [0, 0.05) is 12.1 Å². The Kier molecular flexibility index (Phi) is 5.83. The zero-order valence-electron chi connectivity index (χ0n) is 11.2. The van der Waals surface area contributed by atoms with Crippen LogP contribution in [0.25, 0.3) is 0 Å². The average Bonchev–Trinajstić information content (AvgIpc) is 2.40. The fourth-order valence-electron chi connectivity index (χ4n) is 1.31. The average molecular weight is 283 g/mol. The first-order chi connectivity index (χ1) is 9.43. The molecule has 1 aromatic carbocycles. The van der Waals surface area contributed by atoms with E-state index in [1.807, 2.05) is 6.92 Å². The van der Waals surface area contributed by atoms with Crippen molar-refractivity contribution in [3.05, 3.63) is 42.0 Å². The Morgan fingerprint density at radius 3 is 2.75 bits per heavy atom. The maximum atomic E-state index is 13.3. The van der Waals surface area contributed by atoms with Gasteiger partial charge in [0.25, 0.3) is 5.91 Å². The number of allylic oxidation sites excluding steroid dienone is 1. The second-order valence-corrected chi connectivity index (χ2v) is 4.00. The summed E-state index contributed by atoms with van der Waals surface area (Å²) in [6.07, 6.45) is 2.32. The molecule has 0 unspecified atom stereocenters. The number of esters is 1. The van der Waals surface area contributed by atoms with Gasteiger partial charge in [0.2, 0.25) is 0 Å². The van der Waals surface area contributed by atoms with Gasteiger partial charge in [-0.2, -0.15) is 0 Å². The Labute approximate surface area is 115 Å². The van der Waals surface area contributed by atoms with Gasteiger partial charge in [-0.25, -0.2) is 13.6 Å². The van der Waals surface area contributed by atoms with E-state index in [2.05, 4.69) is 5.32 Å². The van der Waals surface area contributed by atoms with E-state index in [4.69, 9.17) is 4.74 Å². The fourth-order valence-corrected chi connectivity index (χ4v) is 1.31. The van der Waals surface area contributed by atoms with E-state index in [-0.39, 0.29) is 5.69 Å². The number of carbonyl (C=O) groups excluding carboxylic acids is 2. The predicted octanol–water partition coefficient (Wildman–Crippen LogP) is 2.80. The molecule has 108 valence electrons. The molecule has 1 rings (SSSR count). The highest BCUT2D eigenvalue weighted by Gasteiger charge is 2.18. The van der Waals surface area contributed by atoms with Crippen LogP contribution >= 0.6 is 0 Å². The molecular weight excluding hydrogens is 268 g/mol. The second-order valence-electron chi connectivity index (χ2n) is 4.00. The molecule has 1 aromatic rings. The molecule has 0 radical (unpaired) electrons. The smallest absolute Gasteiger partial charge is 0.331 e. The number of halogens is 2. The fraction of sp³-hybridized carbons (Fsp3) is 0.286. The second kappa shape index (κ2) is 7.37. The van der Waals surface area contributed by atoms with Crippen molar-refractivity contribution in [3.8, 4) is 0 Å². The van der Waals surface area contributed by atoms with Crippen LogP contribution in [0.1, 0.15) is 20.3 Å². The van der Waals surface area contributed by atoms with E-state index in [1.165, 1.54) is 13.0 Å². The monoisotopic (exact) mass is 283 g/mol. The minimum absolute atomic E-state index is 0.304. The van der Waals surface area contributed by atoms with Crippen molar-refractivity contribution >= 4 is 17.6 Å². The summed E-state index contributed by atoms with van der Waals surface area (Å²) in [5.41, 5.74) is -0.304. The Morgan fingerprint density at radius 1 is 1.40 bits per heavy atom. The number of anilines is 1. The van der Waals surface area contributed by atoms with E-state index >= 15 is 0 Å². The van der Waals surface area contributed by atoms with Gasteiger partial charge in [-0.1, -0.05) is 13.0 Å². The van der Waals surface area contributed by atoms with Crippen molar-refractivity contribution in [2.24, 2.45) is 0 Å². The number of ether oxygens (including phenoxy) is 1. The van der Waals surface area contributed by atoms with Crippen LogP contribution in [0, 0.1) is 11.6 Å². The molecule has 0 spiro atoms. The Bertz CT molecular complexity index is 529. The predicted molar refractivity (Wildman–Crippen MR) is 70.0 cm³/mol. The highest BCUT2D eigenvalue weighted by molar-refractivity contribution is 5.96. The van der Waals surface area contributed by atoms with Gasteiger partial charge in [0.15, 0.2) is 6.10 Å². The van der Waals surface area contributed by atoms with Crippen LogP contribution in [-0.2, 0) is 14.3 Å². The summed E-state index contributed by atoms with van der Waals surface area (Å²) in [5.74, 6) is -2.87. The van der Waals surface area contributed by atoms with Crippen LogP contribution in [0.15, 0.2) is 30.4 Å². The van der Waals surface area contributed by atoms with E-state index in [1.54, 1.807) is 6.08 Å². The molecule has 0 bridgehead atoms. The van der Waals surface area contributed by atoms with Crippen molar-refractivity contribution in [1.82, 2.24) is 0 Å². The molecule has 0 saturated carbocycles. The summed E-state index contributed by atoms with van der Waals surface area (Å²) >= 11 is 0. The third-order valence-electron chi connectivity index (χ3n) is 2.34. The molecule has 6 heteroatoms. The van der Waals surface area contributed by atoms with Gasteiger partial charge in [-0.3, -0.25) is 4.79 Å². The first-order valence-electron chi connectivity index (χ1n) is 6.07. The van der Waals surface area contributed by atoms with Crippen LogP contribution in [0.2, 0.25) is 0 Å². The lowest BCUT2D eigenvalue weighted by molar-refractivity contribution is -0.148. The number of amides is 1. The van der Waals surface area contributed by atoms with E-state index in [0.29, 0.717) is 6.42 Å². The summed E-state index contributed by atoms with van der Waals surface area (Å²) in [4.78, 5) is 23.0. The minimum Gasteiger partial charge on any atom is -0.449 e. The van der Waals surface area contributed by atoms with Gasteiger partial charge < -0.3 is 10.1 Å². The van der Waals surface area contributed by atoms with Crippen molar-refractivity contribution in [3.63, 3.8) is 0 Å². The molecule has 1 amide bonds. The van der Waals surface area contributed by atoms with Crippen LogP contribution in [0.5, 0.6) is 0 Å². The maximum Gasteiger partial charge on any atom is 0.331 e. The standard InChI is InChI=1S/C14H15F2NO3/c1-3-4-5-13(18)20-9(2)14(19)17-12-8-10(15)6-7-11(12)16/h4-9H,3H2,1-2H3,(H,17,19)/b5-4+/t9-/m1/s1. The largest absolute Gasteiger partial charge is 0.449 e. The molecule has 1 atom stereocenters. The maximum absolute atomic E-state index is 13.3. The molecule has 0 saturated heterocycles. The minimum atomic E-state index is -1.12. The summed E-state index contributed by atoms with van der Waals surface area (Å²) in [6.45, 7) is 3.18. The van der Waals surface area contributed by atoms with Gasteiger partial charge >= 0.3 is 5.97 Å². The third kappa shape index (κ3) is 4.79. The van der Waals surface area contributed by atoms with Gasteiger partial charge in [0.1, 0.15) is 11.6 Å². The number of hydrogen-bond acceptors (Lipinski definition) is 3. The van der Waals surface area contributed by atoms with Gasteiger partial charge in [0.05, 0.1) is 5.69 Å². The Hall–Kier alpha value is -2.24. The van der Waals surface area contributed by atoms with Gasteiger partial charge in [-0.05, 0) is 25.5 Å². The summed E-state index contributed by atoms with van der Waals surface area (Å²) in [7, 11) is 0. The highest BCUT2D eigenvalue weighted by atomic mass is 19.1. The molecular formula is C14H15F2NO3. The lowest BCUT2D eigenvalue weighted by atomic mass is 10.2. The van der Waals surface area contributed by atoms with Gasteiger partial charge in [-0.15, -0.1) is 0 Å². The topological polar surface area (TPSA) is 55.4 Å². The SMILES string of the molecule is CC/C=C/C(=O)O[C@H](C)C(=O)Nc1cc(F)ccc1F. The molecule has 1 N–H and O–H groups in total. The Balaban J connectivity index is 2.64. The summed E-state index contributed by atoms with van der Waals surface area (Å²) < 4.78 is 31.1. The molecule has 0 aliphatic heterocycles. The lowest BCUT2D eigenvalue weighted by Gasteiger charge is -2.12. The molecule has 0 aliphatic rings. The zero-order chi connectivity index (χ0) is 15.1. The normalized spacial score (nSPS) is 12.2. The van der Waals surface area contributed by atoms with Crippen LogP contribution in [0.3, 0.4) is 0 Å². The molecule has 0 fully saturated rings. The number of carbonyl (C=O) groups is 2. The quantitative estimate of drug-likeness (QED) is 0.668. The van der Waals surface area contributed by atoms with Crippen molar-refractivity contribution in [2.75, 3.05) is 5.32 Å². The van der Waals surface area contributed by atoms with Crippen LogP contribution < -0.4 is 5.32 Å². The first kappa shape index (κ1) is 15.8. The Morgan fingerprint density at radius 2 is 2.10 bits per heavy atom. The summed E-state index contributed by atoms with van der Waals surface area (Å²) in [5, 5.41) is 2.16. The number of nitrogens with one attached hydrogen (secondary N) is 1. The van der Waals surface area contributed by atoms with Crippen LogP contribution in [-0.4, -0.2) is 18.0 Å². The highest BCUT2D eigenvalue weighted by Crippen LogP contribution is 2.15. The molecule has 4 nitrogen and oxygen atoms in total. The molecule has 0 heterocycles. The molecule has 0 aromatic heterocycles. The van der Waals surface area contributed by atoms with E-state index in [0.717, 1.165) is 18.2 Å². The first-order valence-corrected chi connectivity index (χ1v) is 6.07. The summed E-state index contributed by atoms with van der Waals surface area (Å²) in [6, 6.07) is 2.67. The van der Waals surface area contributed by atoms with E-state index < -0.39 is 29.6 Å². The van der Waals surface area contributed by atoms with E-state index in [9.17, 15) is 18.4 Å². The lowest BCUT2D eigenvalue weighted by Crippen LogP contribution is -2.29. The number of hydrogen-bond donors (Lipinski definition) is 1. The van der Waals surface area contributed by atoms with Crippen LogP contribution in [0.4, 0.5) is 14.5 Å². The zero-order valence-corrected chi connectivity index (χ0v) is 11.2.